The van der Waals surface area contributed by atoms with Crippen molar-refractivity contribution in [2.45, 2.75) is 83.6 Å². The van der Waals surface area contributed by atoms with Crippen LogP contribution >= 0.6 is 0 Å². The monoisotopic (exact) mass is 460 g/mol. The maximum Gasteiger partial charge on any atom is 0.306 e. The molecular weight excluding hydrogens is 423 g/mol. The number of Topliss-reactive ketones (excluding diaryl/α,β-unsaturated/α-hetero) is 1. The SMILES string of the molecule is C=C1C=C[C@]2(C)C(=C1)CC[C@@H]1[C@H]3C[C@H](C)[C@@](O)(C(=O)COC(=O)CCC)[C@]3(C)C[C@@H](O)[C@]12F. The topological polar surface area (TPSA) is 83.8 Å². The first-order valence-corrected chi connectivity index (χ1v) is 12.2. The van der Waals surface area contributed by atoms with Gasteiger partial charge in [0.2, 0.25) is 5.78 Å². The van der Waals surface area contributed by atoms with Gasteiger partial charge in [0.25, 0.3) is 0 Å². The van der Waals surface area contributed by atoms with Gasteiger partial charge in [0.15, 0.2) is 12.3 Å². The Kier molecular flexibility index (Phi) is 5.81. The molecule has 182 valence electrons. The number of ketones is 1. The molecule has 0 radical (unpaired) electrons. The Hall–Kier alpha value is -1.79. The van der Waals surface area contributed by atoms with Crippen LogP contribution in [0.4, 0.5) is 4.39 Å². The fourth-order valence-corrected chi connectivity index (χ4v) is 7.75. The summed E-state index contributed by atoms with van der Waals surface area (Å²) in [4.78, 5) is 25.1. The van der Waals surface area contributed by atoms with Gasteiger partial charge in [0, 0.05) is 23.2 Å². The zero-order chi connectivity index (χ0) is 24.4. The highest BCUT2D eigenvalue weighted by Gasteiger charge is 2.75. The predicted octanol–water partition coefficient (Wildman–Crippen LogP) is 4.23. The van der Waals surface area contributed by atoms with Crippen molar-refractivity contribution in [3.05, 3.63) is 36.0 Å². The second-order valence-corrected chi connectivity index (χ2v) is 11.2. The molecule has 0 aromatic carbocycles. The minimum atomic E-state index is -1.90. The zero-order valence-electron chi connectivity index (χ0n) is 20.2. The minimum absolute atomic E-state index is 0.0300. The van der Waals surface area contributed by atoms with Crippen LogP contribution in [0, 0.1) is 28.6 Å². The van der Waals surface area contributed by atoms with E-state index in [-0.39, 0.29) is 18.8 Å². The predicted molar refractivity (Wildman–Crippen MR) is 123 cm³/mol. The number of fused-ring (bicyclic) bond motifs is 5. The second-order valence-electron chi connectivity index (χ2n) is 11.2. The number of aliphatic hydroxyl groups excluding tert-OH is 1. The van der Waals surface area contributed by atoms with Crippen molar-refractivity contribution >= 4 is 11.8 Å². The number of aliphatic hydroxyl groups is 2. The van der Waals surface area contributed by atoms with Gasteiger partial charge in [-0.2, -0.15) is 0 Å². The van der Waals surface area contributed by atoms with E-state index in [4.69, 9.17) is 4.74 Å². The number of allylic oxidation sites excluding steroid dienone is 5. The Labute approximate surface area is 195 Å². The first-order valence-electron chi connectivity index (χ1n) is 12.2. The molecule has 4 aliphatic rings. The number of esters is 1. The lowest BCUT2D eigenvalue weighted by molar-refractivity contribution is -0.219. The first kappa shape index (κ1) is 24.3. The summed E-state index contributed by atoms with van der Waals surface area (Å²) in [5.74, 6) is -2.25. The number of hydrogen-bond acceptors (Lipinski definition) is 5. The highest BCUT2D eigenvalue weighted by molar-refractivity contribution is 5.91. The lowest BCUT2D eigenvalue weighted by atomic mass is 9.44. The van der Waals surface area contributed by atoms with Crippen molar-refractivity contribution in [2.24, 2.45) is 28.6 Å². The third kappa shape index (κ3) is 3.09. The maximum absolute atomic E-state index is 17.2. The van der Waals surface area contributed by atoms with Crippen LogP contribution in [0.2, 0.25) is 0 Å². The summed E-state index contributed by atoms with van der Waals surface area (Å²) in [6.45, 7) is 10.8. The van der Waals surface area contributed by atoms with Crippen molar-refractivity contribution < 1.29 is 28.9 Å². The number of carbonyl (C=O) groups is 2. The van der Waals surface area contributed by atoms with Crippen LogP contribution in [0.25, 0.3) is 0 Å². The van der Waals surface area contributed by atoms with Crippen molar-refractivity contribution in [3.63, 3.8) is 0 Å². The summed E-state index contributed by atoms with van der Waals surface area (Å²) in [5, 5.41) is 23.2. The maximum atomic E-state index is 17.2. The van der Waals surface area contributed by atoms with Crippen LogP contribution in [-0.2, 0) is 14.3 Å². The highest BCUT2D eigenvalue weighted by atomic mass is 19.1. The molecular formula is C27H37FO5. The third-order valence-corrected chi connectivity index (χ3v) is 9.56. The molecule has 0 aliphatic heterocycles. The van der Waals surface area contributed by atoms with Crippen LogP contribution in [0.15, 0.2) is 36.0 Å². The Bertz CT molecular complexity index is 939. The smallest absolute Gasteiger partial charge is 0.306 e. The summed E-state index contributed by atoms with van der Waals surface area (Å²) in [7, 11) is 0. The van der Waals surface area contributed by atoms with E-state index < -0.39 is 58.4 Å². The van der Waals surface area contributed by atoms with Crippen LogP contribution < -0.4 is 0 Å². The standard InChI is InChI=1S/C27H37FO5/c1-6-7-23(31)33-15-22(30)27(32)17(3)13-20-19-9-8-18-12-16(2)10-11-24(18,4)26(19,28)21(29)14-25(20,27)5/h10-12,17,19-21,29,32H,2,6-9,13-15H2,1,3-5H3/t17-,19+,20+,21+,24+,25+,26+,27+/m0/s1. The van der Waals surface area contributed by atoms with E-state index in [9.17, 15) is 19.8 Å². The Morgan fingerprint density at radius 2 is 2.00 bits per heavy atom. The molecule has 0 unspecified atom stereocenters. The molecule has 4 aliphatic carbocycles. The number of alkyl halides is 1. The average Bonchev–Trinajstić information content (AvgIpc) is 2.95. The quantitative estimate of drug-likeness (QED) is 0.600. The van der Waals surface area contributed by atoms with Gasteiger partial charge in [-0.3, -0.25) is 9.59 Å². The van der Waals surface area contributed by atoms with Crippen molar-refractivity contribution in [1.29, 1.82) is 0 Å². The molecule has 0 aromatic rings. The van der Waals surface area contributed by atoms with Gasteiger partial charge in [0.1, 0.15) is 5.60 Å². The first-order chi connectivity index (χ1) is 15.4. The number of ether oxygens (including phenoxy) is 1. The van der Waals surface area contributed by atoms with Crippen LogP contribution in [-0.4, -0.2) is 45.9 Å². The van der Waals surface area contributed by atoms with Gasteiger partial charge in [0.05, 0.1) is 6.10 Å². The van der Waals surface area contributed by atoms with Gasteiger partial charge in [-0.25, -0.2) is 4.39 Å². The summed E-state index contributed by atoms with van der Waals surface area (Å²) in [6.07, 6.45) is 6.73. The molecule has 0 aromatic heterocycles. The molecule has 6 heteroatoms. The van der Waals surface area contributed by atoms with E-state index in [0.29, 0.717) is 25.7 Å². The van der Waals surface area contributed by atoms with Crippen LogP contribution in [0.5, 0.6) is 0 Å². The van der Waals surface area contributed by atoms with E-state index >= 15 is 4.39 Å². The normalized spacial score (nSPS) is 46.2. The highest BCUT2D eigenvalue weighted by Crippen LogP contribution is 2.70. The van der Waals surface area contributed by atoms with Gasteiger partial charge < -0.3 is 14.9 Å². The summed E-state index contributed by atoms with van der Waals surface area (Å²) >= 11 is 0. The van der Waals surface area contributed by atoms with Crippen LogP contribution in [0.3, 0.4) is 0 Å². The number of carbonyl (C=O) groups excluding carboxylic acids is 2. The number of hydrogen-bond donors (Lipinski definition) is 2. The molecule has 0 saturated heterocycles. The molecule has 5 nitrogen and oxygen atoms in total. The molecule has 4 rings (SSSR count). The van der Waals surface area contributed by atoms with Gasteiger partial charge in [-0.05, 0) is 56.4 Å². The van der Waals surface area contributed by atoms with E-state index in [1.807, 2.05) is 45.9 Å². The van der Waals surface area contributed by atoms with Crippen molar-refractivity contribution in [1.82, 2.24) is 0 Å². The van der Waals surface area contributed by atoms with E-state index in [1.165, 1.54) is 0 Å². The second kappa shape index (κ2) is 7.88. The summed E-state index contributed by atoms with van der Waals surface area (Å²) < 4.78 is 22.3. The number of halogens is 1. The molecule has 8 atom stereocenters. The molecule has 3 saturated carbocycles. The largest absolute Gasteiger partial charge is 0.458 e. The molecule has 0 spiro atoms. The molecule has 2 N–H and O–H groups in total. The van der Waals surface area contributed by atoms with E-state index in [2.05, 4.69) is 6.58 Å². The molecule has 0 bridgehead atoms. The Morgan fingerprint density at radius 1 is 1.30 bits per heavy atom. The van der Waals surface area contributed by atoms with Crippen LogP contribution in [0.1, 0.15) is 66.2 Å². The molecule has 0 amide bonds. The van der Waals surface area contributed by atoms with E-state index in [0.717, 1.165) is 11.1 Å². The average molecular weight is 461 g/mol. The van der Waals surface area contributed by atoms with E-state index in [1.54, 1.807) is 0 Å². The number of rotatable bonds is 5. The minimum Gasteiger partial charge on any atom is -0.458 e. The molecule has 3 fully saturated rings. The van der Waals surface area contributed by atoms with Crippen molar-refractivity contribution in [3.8, 4) is 0 Å². The van der Waals surface area contributed by atoms with Crippen molar-refractivity contribution in [2.75, 3.05) is 6.61 Å². The molecule has 33 heavy (non-hydrogen) atoms. The Morgan fingerprint density at radius 3 is 2.67 bits per heavy atom. The van der Waals surface area contributed by atoms with Gasteiger partial charge in [-0.15, -0.1) is 0 Å². The fraction of sp³-hybridized carbons (Fsp3) is 0.704. The fourth-order valence-electron chi connectivity index (χ4n) is 7.75. The lowest BCUT2D eigenvalue weighted by Crippen LogP contribution is -2.69. The molecule has 0 heterocycles. The summed E-state index contributed by atoms with van der Waals surface area (Å²) in [5.41, 5.74) is -3.90. The zero-order valence-corrected chi connectivity index (χ0v) is 20.2. The van der Waals surface area contributed by atoms with Gasteiger partial charge in [-0.1, -0.05) is 51.2 Å². The summed E-state index contributed by atoms with van der Waals surface area (Å²) in [6, 6.07) is 0. The Balaban J connectivity index is 1.69. The van der Waals surface area contributed by atoms with Gasteiger partial charge >= 0.3 is 5.97 Å². The third-order valence-electron chi connectivity index (χ3n) is 9.56. The lowest BCUT2D eigenvalue weighted by Gasteiger charge is -2.62.